The molecule has 0 bridgehead atoms. The third-order valence-electron chi connectivity index (χ3n) is 3.28. The van der Waals surface area contributed by atoms with E-state index in [4.69, 9.17) is 4.74 Å². The second-order valence-corrected chi connectivity index (χ2v) is 6.57. The molecule has 1 amide bonds. The molecule has 1 aromatic carbocycles. The minimum absolute atomic E-state index is 0.0164. The molecule has 1 fully saturated rings. The summed E-state index contributed by atoms with van der Waals surface area (Å²) < 4.78 is 6.01. The molecule has 1 aromatic rings. The third-order valence-corrected chi connectivity index (χ3v) is 4.35. The summed E-state index contributed by atoms with van der Waals surface area (Å²) in [4.78, 5) is 25.6. The van der Waals surface area contributed by atoms with Crippen molar-refractivity contribution in [3.63, 3.8) is 0 Å². The van der Waals surface area contributed by atoms with Gasteiger partial charge >= 0.3 is 5.97 Å². The molecule has 1 N–H and O–H groups in total. The zero-order valence-corrected chi connectivity index (χ0v) is 14.4. The highest BCUT2D eigenvalue weighted by atomic mass is 79.9. The maximum absolute atomic E-state index is 12.0. The third kappa shape index (κ3) is 4.20. The molecule has 7 heteroatoms. The van der Waals surface area contributed by atoms with Crippen LogP contribution in [0.15, 0.2) is 21.1 Å². The molecule has 0 saturated carbocycles. The van der Waals surface area contributed by atoms with Gasteiger partial charge in [-0.15, -0.1) is 0 Å². The van der Waals surface area contributed by atoms with Gasteiger partial charge in [0.1, 0.15) is 11.3 Å². The van der Waals surface area contributed by atoms with Crippen molar-refractivity contribution in [2.45, 2.75) is 19.3 Å². The molecule has 21 heavy (non-hydrogen) atoms. The van der Waals surface area contributed by atoms with Gasteiger partial charge in [-0.25, -0.2) is 4.79 Å². The van der Waals surface area contributed by atoms with Crippen molar-refractivity contribution in [2.75, 3.05) is 19.7 Å². The second kappa shape index (κ2) is 7.26. The largest absolute Gasteiger partial charge is 0.506 e. The van der Waals surface area contributed by atoms with Gasteiger partial charge in [0.15, 0.2) is 6.61 Å². The van der Waals surface area contributed by atoms with Gasteiger partial charge in [-0.1, -0.05) is 15.9 Å². The van der Waals surface area contributed by atoms with E-state index in [-0.39, 0.29) is 23.8 Å². The smallest absolute Gasteiger partial charge is 0.342 e. The summed E-state index contributed by atoms with van der Waals surface area (Å²) in [7, 11) is 0. The van der Waals surface area contributed by atoms with E-state index in [1.54, 1.807) is 11.0 Å². The van der Waals surface area contributed by atoms with Crippen molar-refractivity contribution in [3.05, 3.63) is 26.6 Å². The molecule has 1 saturated heterocycles. The Morgan fingerprint density at radius 2 is 1.86 bits per heavy atom. The highest BCUT2D eigenvalue weighted by Gasteiger charge is 2.21. The van der Waals surface area contributed by atoms with Gasteiger partial charge in [0.2, 0.25) is 0 Å². The summed E-state index contributed by atoms with van der Waals surface area (Å²) >= 11 is 6.38. The van der Waals surface area contributed by atoms with Gasteiger partial charge in [0.25, 0.3) is 5.91 Å². The molecule has 114 valence electrons. The molecular formula is C14H15Br2NO4. The van der Waals surface area contributed by atoms with Crippen molar-refractivity contribution in [1.82, 2.24) is 4.90 Å². The zero-order valence-electron chi connectivity index (χ0n) is 11.3. The summed E-state index contributed by atoms with van der Waals surface area (Å²) in [6.07, 6.45) is 3.10. The van der Waals surface area contributed by atoms with Crippen LogP contribution in [0.1, 0.15) is 29.6 Å². The number of esters is 1. The van der Waals surface area contributed by atoms with Crippen LogP contribution < -0.4 is 0 Å². The summed E-state index contributed by atoms with van der Waals surface area (Å²) in [6.45, 7) is 1.12. The predicted octanol–water partition coefficient (Wildman–Crippen LogP) is 3.09. The number of hydrogen-bond donors (Lipinski definition) is 1. The lowest BCUT2D eigenvalue weighted by atomic mass is 10.1. The Bertz CT molecular complexity index is 556. The minimum atomic E-state index is -0.722. The standard InChI is InChI=1S/C14H15Br2NO4/c15-9-6-10(13(19)11(16)7-9)14(20)21-8-12(18)17-4-2-1-3-5-17/h6-7,19H,1-5,8H2. The number of phenolic OH excluding ortho intramolecular Hbond substituents is 1. The Morgan fingerprint density at radius 3 is 2.52 bits per heavy atom. The first-order valence-corrected chi connectivity index (χ1v) is 8.20. The highest BCUT2D eigenvalue weighted by molar-refractivity contribution is 9.11. The number of hydrogen-bond acceptors (Lipinski definition) is 4. The van der Waals surface area contributed by atoms with Crippen molar-refractivity contribution in [3.8, 4) is 5.75 Å². The maximum atomic E-state index is 12.0. The average molecular weight is 421 g/mol. The lowest BCUT2D eigenvalue weighted by Gasteiger charge is -2.26. The number of rotatable bonds is 3. The van der Waals surface area contributed by atoms with Crippen molar-refractivity contribution < 1.29 is 19.4 Å². The van der Waals surface area contributed by atoms with E-state index in [2.05, 4.69) is 31.9 Å². The van der Waals surface area contributed by atoms with Crippen LogP contribution in [0, 0.1) is 0 Å². The number of carbonyl (C=O) groups excluding carboxylic acids is 2. The van der Waals surface area contributed by atoms with Gasteiger partial charge in [-0.05, 0) is 47.3 Å². The molecule has 1 aliphatic heterocycles. The Hall–Kier alpha value is -1.08. The quantitative estimate of drug-likeness (QED) is 0.763. The monoisotopic (exact) mass is 419 g/mol. The molecule has 5 nitrogen and oxygen atoms in total. The molecule has 0 atom stereocenters. The Balaban J connectivity index is 1.97. The van der Waals surface area contributed by atoms with E-state index in [1.165, 1.54) is 6.07 Å². The van der Waals surface area contributed by atoms with E-state index >= 15 is 0 Å². The summed E-state index contributed by atoms with van der Waals surface area (Å²) in [5.74, 6) is -1.12. The van der Waals surface area contributed by atoms with Gasteiger partial charge < -0.3 is 14.7 Å². The van der Waals surface area contributed by atoms with Crippen LogP contribution in [-0.2, 0) is 9.53 Å². The van der Waals surface area contributed by atoms with E-state index in [0.717, 1.165) is 19.3 Å². The van der Waals surface area contributed by atoms with Crippen LogP contribution in [0.5, 0.6) is 5.75 Å². The van der Waals surface area contributed by atoms with E-state index in [0.29, 0.717) is 22.0 Å². The van der Waals surface area contributed by atoms with Gasteiger partial charge in [0.05, 0.1) is 4.47 Å². The Labute approximate surface area is 139 Å². The van der Waals surface area contributed by atoms with Gasteiger partial charge in [0, 0.05) is 17.6 Å². The van der Waals surface area contributed by atoms with Gasteiger partial charge in [-0.3, -0.25) is 4.79 Å². The summed E-state index contributed by atoms with van der Waals surface area (Å²) in [5.41, 5.74) is 0.0164. The number of amides is 1. The first kappa shape index (κ1) is 16.3. The molecular weight excluding hydrogens is 406 g/mol. The molecule has 0 unspecified atom stereocenters. The fourth-order valence-electron chi connectivity index (χ4n) is 2.16. The first-order valence-electron chi connectivity index (χ1n) is 6.62. The number of halogens is 2. The van der Waals surface area contributed by atoms with Crippen LogP contribution in [0.25, 0.3) is 0 Å². The molecule has 1 heterocycles. The van der Waals surface area contributed by atoms with Crippen molar-refractivity contribution in [2.24, 2.45) is 0 Å². The molecule has 0 aromatic heterocycles. The van der Waals surface area contributed by atoms with Crippen molar-refractivity contribution in [1.29, 1.82) is 0 Å². The van der Waals surface area contributed by atoms with E-state index in [1.807, 2.05) is 0 Å². The number of phenols is 1. The normalized spacial score (nSPS) is 14.9. The fourth-order valence-corrected chi connectivity index (χ4v) is 3.39. The molecule has 0 aliphatic carbocycles. The average Bonchev–Trinajstić information content (AvgIpc) is 2.49. The van der Waals surface area contributed by atoms with Crippen LogP contribution >= 0.6 is 31.9 Å². The van der Waals surface area contributed by atoms with E-state index in [9.17, 15) is 14.7 Å². The van der Waals surface area contributed by atoms with Crippen LogP contribution in [0.3, 0.4) is 0 Å². The Morgan fingerprint density at radius 1 is 1.19 bits per heavy atom. The number of benzene rings is 1. The van der Waals surface area contributed by atoms with E-state index < -0.39 is 5.97 Å². The van der Waals surface area contributed by atoms with Crippen LogP contribution in [0.2, 0.25) is 0 Å². The number of piperidine rings is 1. The predicted molar refractivity (Wildman–Crippen MR) is 84.2 cm³/mol. The number of nitrogens with zero attached hydrogens (tertiary/aromatic N) is 1. The first-order chi connectivity index (χ1) is 9.99. The Kier molecular flexibility index (Phi) is 5.64. The van der Waals surface area contributed by atoms with Crippen LogP contribution in [-0.4, -0.2) is 41.6 Å². The van der Waals surface area contributed by atoms with Crippen LogP contribution in [0.4, 0.5) is 0 Å². The molecule has 1 aliphatic rings. The topological polar surface area (TPSA) is 66.8 Å². The van der Waals surface area contributed by atoms with Crippen molar-refractivity contribution >= 4 is 43.7 Å². The highest BCUT2D eigenvalue weighted by Crippen LogP contribution is 2.32. The molecule has 2 rings (SSSR count). The minimum Gasteiger partial charge on any atom is -0.506 e. The lowest BCUT2D eigenvalue weighted by molar-refractivity contribution is -0.135. The maximum Gasteiger partial charge on any atom is 0.342 e. The SMILES string of the molecule is O=C(OCC(=O)N1CCCCC1)c1cc(Br)cc(Br)c1O. The lowest BCUT2D eigenvalue weighted by Crippen LogP contribution is -2.38. The summed E-state index contributed by atoms with van der Waals surface area (Å²) in [6, 6.07) is 3.07. The second-order valence-electron chi connectivity index (χ2n) is 4.80. The number of carbonyl (C=O) groups is 2. The van der Waals surface area contributed by atoms with Gasteiger partial charge in [-0.2, -0.15) is 0 Å². The number of likely N-dealkylation sites (tertiary alicyclic amines) is 1. The molecule has 0 radical (unpaired) electrons. The number of ether oxygens (including phenoxy) is 1. The zero-order chi connectivity index (χ0) is 15.4. The molecule has 0 spiro atoms. The summed E-state index contributed by atoms with van der Waals surface area (Å²) in [5, 5.41) is 9.84. The number of aromatic hydroxyl groups is 1. The fraction of sp³-hybridized carbons (Fsp3) is 0.429.